The van der Waals surface area contributed by atoms with E-state index in [9.17, 15) is 26.3 Å². The van der Waals surface area contributed by atoms with Crippen LogP contribution in [0.4, 0.5) is 26.3 Å². The van der Waals surface area contributed by atoms with Gasteiger partial charge in [-0.3, -0.25) is 0 Å². The van der Waals surface area contributed by atoms with E-state index in [0.717, 1.165) is 0 Å². The maximum Gasteiger partial charge on any atom is 0.416 e. The van der Waals surface area contributed by atoms with Crippen molar-refractivity contribution in [3.8, 4) is 0 Å². The molecule has 1 aromatic rings. The Morgan fingerprint density at radius 2 is 1.11 bits per heavy atom. The van der Waals surface area contributed by atoms with Gasteiger partial charge in [-0.15, -0.1) is 0 Å². The van der Waals surface area contributed by atoms with E-state index in [0.29, 0.717) is 12.1 Å². The molecule has 1 aromatic carbocycles. The molecule has 1 nitrogen and oxygen atoms in total. The van der Waals surface area contributed by atoms with Gasteiger partial charge in [0.15, 0.2) is 0 Å². The fourth-order valence-electron chi connectivity index (χ4n) is 1.42. The number of hydrogen-bond donors (Lipinski definition) is 0. The summed E-state index contributed by atoms with van der Waals surface area (Å²) in [6.45, 7) is 2.85. The molecular formula is C11H12F6OSi. The van der Waals surface area contributed by atoms with Crippen molar-refractivity contribution in [2.24, 2.45) is 0 Å². The van der Waals surface area contributed by atoms with Crippen molar-refractivity contribution in [2.45, 2.75) is 31.8 Å². The molecule has 0 saturated heterocycles. The largest absolute Gasteiger partial charge is 0.419 e. The molecule has 0 heterocycles. The van der Waals surface area contributed by atoms with Gasteiger partial charge in [-0.2, -0.15) is 26.3 Å². The lowest BCUT2D eigenvalue weighted by molar-refractivity contribution is -0.143. The third-order valence-corrected chi connectivity index (χ3v) is 3.81. The molecule has 0 fully saturated rings. The highest BCUT2D eigenvalue weighted by Gasteiger charge is 2.38. The van der Waals surface area contributed by atoms with Gasteiger partial charge >= 0.3 is 12.4 Å². The van der Waals surface area contributed by atoms with Crippen LogP contribution in [0.15, 0.2) is 18.2 Å². The lowest BCUT2D eigenvalue weighted by atomic mass is 9.94. The first kappa shape index (κ1) is 16.0. The summed E-state index contributed by atoms with van der Waals surface area (Å²) in [5.74, 6) is 0. The van der Waals surface area contributed by atoms with Crippen LogP contribution in [-0.2, 0) is 22.4 Å². The molecule has 0 atom stereocenters. The van der Waals surface area contributed by atoms with Crippen molar-refractivity contribution in [3.05, 3.63) is 34.9 Å². The number of alkyl halides is 6. The Morgan fingerprint density at radius 1 is 0.789 bits per heavy atom. The monoisotopic (exact) mass is 302 g/mol. The Balaban J connectivity index is 3.51. The SMILES string of the molecule is CC(C)(O[SiH3])c1cc(C(F)(F)F)cc(C(F)(F)F)c1. The van der Waals surface area contributed by atoms with Crippen molar-refractivity contribution in [1.82, 2.24) is 0 Å². The van der Waals surface area contributed by atoms with E-state index in [1.165, 1.54) is 13.8 Å². The third kappa shape index (κ3) is 3.72. The van der Waals surface area contributed by atoms with Crippen LogP contribution in [0.2, 0.25) is 0 Å². The summed E-state index contributed by atoms with van der Waals surface area (Å²) < 4.78 is 80.8. The molecule has 0 aliphatic heterocycles. The number of halogens is 6. The minimum absolute atomic E-state index is 0.104. The average Bonchev–Trinajstić information content (AvgIpc) is 2.26. The van der Waals surface area contributed by atoms with Gasteiger partial charge < -0.3 is 4.43 Å². The summed E-state index contributed by atoms with van der Waals surface area (Å²) in [7, 11) is 0.194. The van der Waals surface area contributed by atoms with Gasteiger partial charge in [-0.25, -0.2) is 0 Å². The Labute approximate surface area is 109 Å². The molecule has 0 radical (unpaired) electrons. The van der Waals surface area contributed by atoms with Crippen molar-refractivity contribution in [3.63, 3.8) is 0 Å². The summed E-state index contributed by atoms with van der Waals surface area (Å²) in [5, 5.41) is 0. The van der Waals surface area contributed by atoms with Gasteiger partial charge in [-0.05, 0) is 37.6 Å². The van der Waals surface area contributed by atoms with E-state index >= 15 is 0 Å². The minimum atomic E-state index is -4.84. The van der Waals surface area contributed by atoms with Gasteiger partial charge in [0, 0.05) is 0 Å². The maximum atomic E-state index is 12.6. The van der Waals surface area contributed by atoms with Crippen LogP contribution < -0.4 is 0 Å². The van der Waals surface area contributed by atoms with Crippen LogP contribution in [0.1, 0.15) is 30.5 Å². The zero-order valence-electron chi connectivity index (χ0n) is 10.4. The van der Waals surface area contributed by atoms with Crippen LogP contribution in [-0.4, -0.2) is 10.5 Å². The topological polar surface area (TPSA) is 9.23 Å². The normalized spacial score (nSPS) is 13.9. The van der Waals surface area contributed by atoms with Gasteiger partial charge in [0.1, 0.15) is 10.5 Å². The fourth-order valence-corrected chi connectivity index (χ4v) is 1.66. The highest BCUT2D eigenvalue weighted by molar-refractivity contribution is 5.98. The van der Waals surface area contributed by atoms with E-state index < -0.39 is 29.1 Å². The second kappa shape index (κ2) is 4.82. The molecular weight excluding hydrogens is 290 g/mol. The van der Waals surface area contributed by atoms with E-state index in [2.05, 4.69) is 0 Å². The zero-order valence-corrected chi connectivity index (χ0v) is 12.4. The van der Waals surface area contributed by atoms with Crippen molar-refractivity contribution >= 4 is 10.5 Å². The molecule has 0 aliphatic carbocycles. The van der Waals surface area contributed by atoms with E-state index in [1.54, 1.807) is 0 Å². The summed E-state index contributed by atoms with van der Waals surface area (Å²) in [6.07, 6.45) is -9.67. The quantitative estimate of drug-likeness (QED) is 0.602. The van der Waals surface area contributed by atoms with E-state index in [-0.39, 0.29) is 22.1 Å². The fraction of sp³-hybridized carbons (Fsp3) is 0.455. The smallest absolute Gasteiger partial charge is 0.416 e. The molecule has 0 spiro atoms. The molecule has 19 heavy (non-hydrogen) atoms. The second-order valence-corrected chi connectivity index (χ2v) is 4.92. The van der Waals surface area contributed by atoms with Crippen molar-refractivity contribution in [2.75, 3.05) is 0 Å². The molecule has 108 valence electrons. The Morgan fingerprint density at radius 3 is 1.37 bits per heavy atom. The van der Waals surface area contributed by atoms with Crippen molar-refractivity contribution in [1.29, 1.82) is 0 Å². The van der Waals surface area contributed by atoms with Gasteiger partial charge in [0.2, 0.25) is 0 Å². The molecule has 0 aromatic heterocycles. The summed E-state index contributed by atoms with van der Waals surface area (Å²) in [6, 6.07) is 1.48. The number of rotatable bonds is 2. The standard InChI is InChI=1S/C11H12F6OSi/c1-9(2,18-19)6-3-7(10(12,13)14)5-8(4-6)11(15,16)17/h3-5H,1-2,19H3. The lowest BCUT2D eigenvalue weighted by Crippen LogP contribution is -2.22. The number of hydrogen-bond acceptors (Lipinski definition) is 1. The van der Waals surface area contributed by atoms with E-state index in [1.807, 2.05) is 0 Å². The van der Waals surface area contributed by atoms with Crippen LogP contribution in [0.25, 0.3) is 0 Å². The lowest BCUT2D eigenvalue weighted by Gasteiger charge is -2.26. The van der Waals surface area contributed by atoms with Crippen LogP contribution in [0, 0.1) is 0 Å². The molecule has 0 amide bonds. The van der Waals surface area contributed by atoms with Crippen LogP contribution >= 0.6 is 0 Å². The first-order valence-corrected chi connectivity index (χ1v) is 6.04. The molecule has 0 unspecified atom stereocenters. The van der Waals surface area contributed by atoms with Gasteiger partial charge in [0.25, 0.3) is 0 Å². The second-order valence-electron chi connectivity index (χ2n) is 4.51. The molecule has 0 bridgehead atoms. The molecule has 0 N–H and O–H groups in total. The Kier molecular flexibility index (Phi) is 4.07. The Hall–Kier alpha value is -1.02. The Bertz CT molecular complexity index is 431. The molecule has 0 aliphatic rings. The number of benzene rings is 1. The third-order valence-electron chi connectivity index (χ3n) is 2.79. The highest BCUT2D eigenvalue weighted by Crippen LogP contribution is 2.38. The van der Waals surface area contributed by atoms with Gasteiger partial charge in [-0.1, -0.05) is 0 Å². The van der Waals surface area contributed by atoms with Gasteiger partial charge in [0.05, 0.1) is 16.7 Å². The minimum Gasteiger partial charge on any atom is -0.419 e. The van der Waals surface area contributed by atoms with Crippen LogP contribution in [0.5, 0.6) is 0 Å². The average molecular weight is 302 g/mol. The summed E-state index contributed by atoms with van der Waals surface area (Å²) in [5.41, 5.74) is -3.99. The summed E-state index contributed by atoms with van der Waals surface area (Å²) >= 11 is 0. The van der Waals surface area contributed by atoms with E-state index in [4.69, 9.17) is 4.43 Å². The highest BCUT2D eigenvalue weighted by atomic mass is 28.2. The van der Waals surface area contributed by atoms with Crippen LogP contribution in [0.3, 0.4) is 0 Å². The molecule has 0 saturated carbocycles. The first-order chi connectivity index (χ1) is 8.38. The predicted molar refractivity (Wildman–Crippen MR) is 60.5 cm³/mol. The summed E-state index contributed by atoms with van der Waals surface area (Å²) in [4.78, 5) is 0. The zero-order chi connectivity index (χ0) is 15.1. The van der Waals surface area contributed by atoms with Crippen molar-refractivity contribution < 1.29 is 30.8 Å². The maximum absolute atomic E-state index is 12.6. The predicted octanol–water partition coefficient (Wildman–Crippen LogP) is 3.26. The molecule has 8 heteroatoms. The molecule has 1 rings (SSSR count). The first-order valence-electron chi connectivity index (χ1n) is 5.23.